The van der Waals surface area contributed by atoms with Crippen LogP contribution in [-0.2, 0) is 10.2 Å². The zero-order valence-electron chi connectivity index (χ0n) is 19.2. The molecule has 3 rings (SSSR count). The van der Waals surface area contributed by atoms with Crippen molar-refractivity contribution in [1.29, 1.82) is 0 Å². The third-order valence-electron chi connectivity index (χ3n) is 6.09. The van der Waals surface area contributed by atoms with Gasteiger partial charge in [-0.25, -0.2) is 4.98 Å². The van der Waals surface area contributed by atoms with Crippen LogP contribution in [0.2, 0.25) is 0 Å². The first-order valence-corrected chi connectivity index (χ1v) is 11.2. The molecule has 1 aliphatic rings. The maximum atomic E-state index is 12.9. The molecule has 0 radical (unpaired) electrons. The molecule has 0 unspecified atom stereocenters. The van der Waals surface area contributed by atoms with Gasteiger partial charge in [0.1, 0.15) is 19.1 Å². The van der Waals surface area contributed by atoms with Crippen molar-refractivity contribution in [2.75, 3.05) is 37.6 Å². The zero-order valence-corrected chi connectivity index (χ0v) is 19.2. The molecule has 5 heteroatoms. The van der Waals surface area contributed by atoms with Crippen molar-refractivity contribution in [1.82, 2.24) is 4.90 Å². The van der Waals surface area contributed by atoms with Crippen molar-refractivity contribution >= 4 is 11.7 Å². The summed E-state index contributed by atoms with van der Waals surface area (Å²) in [4.78, 5) is 20.5. The molecule has 0 saturated carbocycles. The predicted octanol–water partition coefficient (Wildman–Crippen LogP) is 2.41. The van der Waals surface area contributed by atoms with Crippen molar-refractivity contribution in [3.8, 4) is 0 Å². The van der Waals surface area contributed by atoms with Gasteiger partial charge >= 0.3 is 0 Å². The van der Waals surface area contributed by atoms with E-state index in [1.165, 1.54) is 11.1 Å². The third-order valence-corrected chi connectivity index (χ3v) is 6.09. The van der Waals surface area contributed by atoms with E-state index in [-0.39, 0.29) is 11.3 Å². The fourth-order valence-electron chi connectivity index (χ4n) is 4.13. The van der Waals surface area contributed by atoms with Crippen molar-refractivity contribution in [2.45, 2.75) is 46.1 Å². The number of carbonyl (C=O) groups excluding carboxylic acids is 1. The van der Waals surface area contributed by atoms with E-state index in [1.807, 2.05) is 23.2 Å². The van der Waals surface area contributed by atoms with Crippen LogP contribution in [0.5, 0.6) is 0 Å². The Labute approximate surface area is 181 Å². The van der Waals surface area contributed by atoms with Crippen LogP contribution in [0.4, 0.5) is 5.82 Å². The molecule has 0 bridgehead atoms. The molecule has 0 aliphatic carbocycles. The van der Waals surface area contributed by atoms with Gasteiger partial charge in [0.05, 0.1) is 19.3 Å². The number of aromatic amines is 1. The molecule has 1 atom stereocenters. The van der Waals surface area contributed by atoms with E-state index in [2.05, 4.69) is 80.2 Å². The highest BCUT2D eigenvalue weighted by molar-refractivity contribution is 5.77. The number of hydrogen-bond acceptors (Lipinski definition) is 2. The van der Waals surface area contributed by atoms with Crippen LogP contribution in [0.25, 0.3) is 0 Å². The SMILES string of the molecule is CC(C)[C@H]([NH2+]CC(=O)N1CCN(c2cccc[nH+]2)CC1)c1ccc(C(C)(C)C)cc1. The molecule has 2 heterocycles. The Morgan fingerprint density at radius 3 is 2.23 bits per heavy atom. The first-order chi connectivity index (χ1) is 14.3. The van der Waals surface area contributed by atoms with E-state index in [0.29, 0.717) is 18.5 Å². The fourth-order valence-corrected chi connectivity index (χ4v) is 4.13. The van der Waals surface area contributed by atoms with Crippen LogP contribution in [0.1, 0.15) is 51.8 Å². The van der Waals surface area contributed by atoms with Crippen LogP contribution in [0.3, 0.4) is 0 Å². The number of quaternary nitrogens is 1. The molecule has 1 aliphatic heterocycles. The van der Waals surface area contributed by atoms with E-state index in [9.17, 15) is 4.79 Å². The Bertz CT molecular complexity index is 803. The van der Waals surface area contributed by atoms with Gasteiger partial charge in [0.2, 0.25) is 0 Å². The van der Waals surface area contributed by atoms with Crippen LogP contribution in [0, 0.1) is 5.92 Å². The molecule has 5 nitrogen and oxygen atoms in total. The summed E-state index contributed by atoms with van der Waals surface area (Å²) in [6.45, 7) is 15.0. The molecule has 1 saturated heterocycles. The summed E-state index contributed by atoms with van der Waals surface area (Å²) in [7, 11) is 0. The molecule has 30 heavy (non-hydrogen) atoms. The lowest BCUT2D eigenvalue weighted by atomic mass is 9.85. The number of amides is 1. The van der Waals surface area contributed by atoms with E-state index >= 15 is 0 Å². The number of nitrogens with two attached hydrogens (primary N) is 1. The number of benzene rings is 1. The highest BCUT2D eigenvalue weighted by atomic mass is 16.2. The van der Waals surface area contributed by atoms with Crippen LogP contribution < -0.4 is 15.2 Å². The fraction of sp³-hybridized carbons (Fsp3) is 0.520. The van der Waals surface area contributed by atoms with Crippen molar-refractivity contribution < 1.29 is 15.1 Å². The van der Waals surface area contributed by atoms with Gasteiger partial charge in [-0.3, -0.25) is 9.69 Å². The summed E-state index contributed by atoms with van der Waals surface area (Å²) >= 11 is 0. The van der Waals surface area contributed by atoms with Crippen molar-refractivity contribution in [3.05, 3.63) is 59.8 Å². The Morgan fingerprint density at radius 2 is 1.70 bits per heavy atom. The van der Waals surface area contributed by atoms with E-state index in [1.54, 1.807) is 0 Å². The summed E-state index contributed by atoms with van der Waals surface area (Å²) in [6, 6.07) is 15.4. The number of anilines is 1. The minimum atomic E-state index is 0.158. The minimum Gasteiger partial charge on any atom is -0.332 e. The maximum Gasteiger partial charge on any atom is 0.277 e. The molecule has 162 valence electrons. The Kier molecular flexibility index (Phi) is 7.14. The lowest BCUT2D eigenvalue weighted by Crippen LogP contribution is -2.88. The number of piperazine rings is 1. The first-order valence-electron chi connectivity index (χ1n) is 11.2. The number of aromatic nitrogens is 1. The monoisotopic (exact) mass is 410 g/mol. The molecule has 3 N–H and O–H groups in total. The Hall–Kier alpha value is -2.40. The van der Waals surface area contributed by atoms with Gasteiger partial charge < -0.3 is 10.2 Å². The van der Waals surface area contributed by atoms with Crippen LogP contribution in [0.15, 0.2) is 48.7 Å². The number of hydrogen-bond donors (Lipinski definition) is 1. The first kappa shape index (κ1) is 22.3. The second kappa shape index (κ2) is 9.61. The predicted molar refractivity (Wildman–Crippen MR) is 121 cm³/mol. The Balaban J connectivity index is 1.54. The summed E-state index contributed by atoms with van der Waals surface area (Å²) in [5.74, 6) is 1.82. The molecule has 1 fully saturated rings. The molecule has 1 amide bonds. The van der Waals surface area contributed by atoms with E-state index in [0.717, 1.165) is 32.0 Å². The molecule has 2 aromatic rings. The number of H-pyrrole nitrogens is 1. The second-order valence-electron chi connectivity index (χ2n) is 9.70. The van der Waals surface area contributed by atoms with Gasteiger partial charge in [-0.2, -0.15) is 0 Å². The molecular weight excluding hydrogens is 372 g/mol. The largest absolute Gasteiger partial charge is 0.332 e. The lowest BCUT2D eigenvalue weighted by Gasteiger charge is -2.31. The summed E-state index contributed by atoms with van der Waals surface area (Å²) in [6.07, 6.45) is 1.95. The van der Waals surface area contributed by atoms with E-state index < -0.39 is 0 Å². The maximum absolute atomic E-state index is 12.9. The highest BCUT2D eigenvalue weighted by Crippen LogP contribution is 2.25. The average molecular weight is 411 g/mol. The lowest BCUT2D eigenvalue weighted by molar-refractivity contribution is -0.692. The summed E-state index contributed by atoms with van der Waals surface area (Å²) < 4.78 is 0. The number of carbonyl (C=O) groups is 1. The van der Waals surface area contributed by atoms with E-state index in [4.69, 9.17) is 0 Å². The third kappa shape index (κ3) is 5.60. The standard InChI is InChI=1S/C25H36N4O/c1-19(2)24(20-9-11-21(12-10-20)25(3,4)5)27-18-23(30)29-16-14-28(15-17-29)22-8-6-7-13-26-22/h6-13,19,24,27H,14-18H2,1-5H3/p+2/t24-/m0/s1. The van der Waals surface area contributed by atoms with Crippen LogP contribution in [-0.4, -0.2) is 43.5 Å². The van der Waals surface area contributed by atoms with Gasteiger partial charge in [-0.15, -0.1) is 0 Å². The van der Waals surface area contributed by atoms with Gasteiger partial charge in [-0.05, 0) is 17.0 Å². The second-order valence-corrected chi connectivity index (χ2v) is 9.70. The van der Waals surface area contributed by atoms with Crippen LogP contribution >= 0.6 is 0 Å². The van der Waals surface area contributed by atoms with Gasteiger partial charge in [0.15, 0.2) is 6.54 Å². The summed E-state index contributed by atoms with van der Waals surface area (Å²) in [5.41, 5.74) is 2.80. The van der Waals surface area contributed by atoms with Crippen molar-refractivity contribution in [2.24, 2.45) is 5.92 Å². The average Bonchev–Trinajstić information content (AvgIpc) is 2.74. The molecule has 1 aromatic carbocycles. The number of nitrogens with one attached hydrogen (secondary N) is 1. The molecule has 0 spiro atoms. The highest BCUT2D eigenvalue weighted by Gasteiger charge is 2.28. The van der Waals surface area contributed by atoms with Crippen molar-refractivity contribution in [3.63, 3.8) is 0 Å². The number of pyridine rings is 1. The number of nitrogens with zero attached hydrogens (tertiary/aromatic N) is 2. The minimum absolute atomic E-state index is 0.158. The molecular formula is C25H38N4O+2. The Morgan fingerprint density at radius 1 is 1.03 bits per heavy atom. The topological polar surface area (TPSA) is 54.3 Å². The van der Waals surface area contributed by atoms with Gasteiger partial charge in [-0.1, -0.05) is 65.0 Å². The summed E-state index contributed by atoms with van der Waals surface area (Å²) in [5, 5.41) is 2.22. The quantitative estimate of drug-likeness (QED) is 0.795. The smallest absolute Gasteiger partial charge is 0.277 e. The normalized spacial score (nSPS) is 16.1. The number of rotatable bonds is 6. The van der Waals surface area contributed by atoms with Gasteiger partial charge in [0, 0.05) is 17.5 Å². The zero-order chi connectivity index (χ0) is 21.7. The van der Waals surface area contributed by atoms with Gasteiger partial charge in [0.25, 0.3) is 11.7 Å². The molecule has 1 aromatic heterocycles.